The van der Waals surface area contributed by atoms with Gasteiger partial charge in [0.05, 0.1) is 21.8 Å². The van der Waals surface area contributed by atoms with E-state index < -0.39 is 22.1 Å². The van der Waals surface area contributed by atoms with Crippen LogP contribution in [-0.4, -0.2) is 59.2 Å². The van der Waals surface area contributed by atoms with E-state index in [9.17, 15) is 23.4 Å². The van der Waals surface area contributed by atoms with Gasteiger partial charge in [-0.05, 0) is 62.1 Å². The minimum absolute atomic E-state index is 0.122. The molecule has 0 saturated carbocycles. The monoisotopic (exact) mass is 647 g/mol. The van der Waals surface area contributed by atoms with Gasteiger partial charge in [0.15, 0.2) is 0 Å². The number of hydrogen-bond acceptors (Lipinski definition) is 9. The number of aliphatic hydroxyl groups is 1. The van der Waals surface area contributed by atoms with Crippen molar-refractivity contribution in [3.8, 4) is 0 Å². The first-order valence-corrected chi connectivity index (χ1v) is 17.4. The lowest BCUT2D eigenvalue weighted by Gasteiger charge is -2.34. The summed E-state index contributed by atoms with van der Waals surface area (Å²) in [5, 5.41) is 25.9. The third-order valence-electron chi connectivity index (χ3n) is 8.49. The second-order valence-corrected chi connectivity index (χ2v) is 14.4. The van der Waals surface area contributed by atoms with Crippen LogP contribution in [-0.2, 0) is 16.4 Å². The number of rotatable bonds is 10. The number of nitrogen functional groups attached to an aromatic ring is 1. The Bertz CT molecular complexity index is 1980. The number of benzene rings is 2. The molecule has 10 nitrogen and oxygen atoms in total. The van der Waals surface area contributed by atoms with Gasteiger partial charge in [0.1, 0.15) is 21.6 Å². The molecule has 1 fully saturated rings. The van der Waals surface area contributed by atoms with E-state index in [1.807, 2.05) is 25.1 Å². The van der Waals surface area contributed by atoms with Crippen molar-refractivity contribution in [3.63, 3.8) is 0 Å². The number of carbonyl (C=O) groups is 1. The van der Waals surface area contributed by atoms with Crippen molar-refractivity contribution < 1.29 is 23.4 Å². The maximum absolute atomic E-state index is 13.8. The Hall–Kier alpha value is -3.97. The van der Waals surface area contributed by atoms with E-state index in [1.165, 1.54) is 3.97 Å². The van der Waals surface area contributed by atoms with Gasteiger partial charge in [-0.1, -0.05) is 49.2 Å². The molecule has 236 valence electrons. The topological polar surface area (TPSA) is 151 Å². The van der Waals surface area contributed by atoms with Crippen LogP contribution < -0.4 is 16.0 Å². The normalized spacial score (nSPS) is 15.2. The Labute approximate surface area is 266 Å². The number of nitrogens with one attached hydrogen (secondary N) is 1. The maximum Gasteiger partial charge on any atom is 0.348 e. The highest BCUT2D eigenvalue weighted by Gasteiger charge is 2.28. The number of aliphatic hydroxyl groups excluding tert-OH is 1. The van der Waals surface area contributed by atoms with Gasteiger partial charge in [-0.25, -0.2) is 22.2 Å². The molecule has 1 atom stereocenters. The Kier molecular flexibility index (Phi) is 8.57. The van der Waals surface area contributed by atoms with Crippen molar-refractivity contribution in [1.29, 1.82) is 0 Å². The van der Waals surface area contributed by atoms with Crippen LogP contribution in [0.4, 0.5) is 11.5 Å². The smallest absolute Gasteiger partial charge is 0.348 e. The molecule has 0 bridgehead atoms. The van der Waals surface area contributed by atoms with Crippen LogP contribution >= 0.6 is 11.3 Å². The summed E-state index contributed by atoms with van der Waals surface area (Å²) in [5.41, 5.74) is 9.32. The van der Waals surface area contributed by atoms with Crippen LogP contribution in [0.3, 0.4) is 0 Å². The quantitative estimate of drug-likeness (QED) is 0.158. The van der Waals surface area contributed by atoms with E-state index in [1.54, 1.807) is 42.5 Å². The van der Waals surface area contributed by atoms with Crippen molar-refractivity contribution in [1.82, 2.24) is 14.3 Å². The highest BCUT2D eigenvalue weighted by Crippen LogP contribution is 2.38. The second-order valence-electron chi connectivity index (χ2n) is 11.6. The molecule has 3 aromatic heterocycles. The van der Waals surface area contributed by atoms with Crippen molar-refractivity contribution in [2.45, 2.75) is 56.6 Å². The molecule has 6 rings (SSSR count). The largest absolute Gasteiger partial charge is 0.477 e. The number of aryl methyl sites for hydroxylation is 2. The molecule has 4 heterocycles. The predicted octanol–water partition coefficient (Wildman–Crippen LogP) is 5.32. The molecule has 1 saturated heterocycles. The fourth-order valence-corrected chi connectivity index (χ4v) is 8.68. The van der Waals surface area contributed by atoms with Gasteiger partial charge in [0.25, 0.3) is 10.0 Å². The summed E-state index contributed by atoms with van der Waals surface area (Å²) in [7, 11) is -3.95. The number of carboxylic acid groups (broad SMARTS) is 1. The fourth-order valence-electron chi connectivity index (χ4n) is 6.13. The highest BCUT2D eigenvalue weighted by atomic mass is 32.2. The molecule has 0 aliphatic carbocycles. The summed E-state index contributed by atoms with van der Waals surface area (Å²) in [6, 6.07) is 17.9. The first-order valence-electron chi connectivity index (χ1n) is 15.1. The van der Waals surface area contributed by atoms with Crippen LogP contribution in [0.15, 0.2) is 65.6 Å². The zero-order chi connectivity index (χ0) is 31.9. The summed E-state index contributed by atoms with van der Waals surface area (Å²) in [6.07, 6.45) is 2.22. The summed E-state index contributed by atoms with van der Waals surface area (Å²) < 4.78 is 28.9. The van der Waals surface area contributed by atoms with Gasteiger partial charge >= 0.3 is 5.97 Å². The average Bonchev–Trinajstić information content (AvgIpc) is 3.59. The van der Waals surface area contributed by atoms with E-state index in [-0.39, 0.29) is 28.0 Å². The molecule has 12 heteroatoms. The van der Waals surface area contributed by atoms with Gasteiger partial charge < -0.3 is 26.2 Å². The Morgan fingerprint density at radius 1 is 1.13 bits per heavy atom. The predicted molar refractivity (Wildman–Crippen MR) is 179 cm³/mol. The van der Waals surface area contributed by atoms with Crippen molar-refractivity contribution >= 4 is 60.0 Å². The molecule has 0 spiro atoms. The van der Waals surface area contributed by atoms with E-state index in [0.29, 0.717) is 16.0 Å². The van der Waals surface area contributed by atoms with Gasteiger partial charge in [-0.3, -0.25) is 0 Å². The Balaban J connectivity index is 1.17. The maximum atomic E-state index is 13.8. The molecule has 2 aromatic carbocycles. The molecule has 5 N–H and O–H groups in total. The van der Waals surface area contributed by atoms with Gasteiger partial charge in [-0.2, -0.15) is 0 Å². The third-order valence-corrected chi connectivity index (χ3v) is 11.3. The Morgan fingerprint density at radius 2 is 1.84 bits per heavy atom. The third kappa shape index (κ3) is 5.90. The molecular formula is C33H37N5O5S2. The summed E-state index contributed by atoms with van der Waals surface area (Å²) in [6.45, 7) is 5.64. The van der Waals surface area contributed by atoms with Gasteiger partial charge in [0, 0.05) is 36.4 Å². The summed E-state index contributed by atoms with van der Waals surface area (Å²) >= 11 is 1.12. The van der Waals surface area contributed by atoms with Gasteiger partial charge in [0.2, 0.25) is 0 Å². The number of anilines is 2. The number of aromatic carboxylic acids is 1. The van der Waals surface area contributed by atoms with Crippen LogP contribution in [0, 0.1) is 6.92 Å². The lowest BCUT2D eigenvalue weighted by Crippen LogP contribution is -2.44. The first-order chi connectivity index (χ1) is 21.6. The molecule has 1 aliphatic rings. The van der Waals surface area contributed by atoms with Crippen LogP contribution in [0.5, 0.6) is 0 Å². The zero-order valence-corrected chi connectivity index (χ0v) is 26.9. The molecular weight excluding hydrogens is 611 g/mol. The van der Waals surface area contributed by atoms with Crippen LogP contribution in [0.2, 0.25) is 0 Å². The number of fused-ring (bicyclic) bond motifs is 2. The van der Waals surface area contributed by atoms with E-state index in [2.05, 4.69) is 17.1 Å². The fraction of sp³-hybridized carbons (Fsp3) is 0.333. The molecule has 5 aromatic rings. The van der Waals surface area contributed by atoms with Gasteiger partial charge in [-0.15, -0.1) is 11.3 Å². The van der Waals surface area contributed by atoms with Crippen molar-refractivity contribution in [2.75, 3.05) is 30.3 Å². The molecule has 0 radical (unpaired) electrons. The summed E-state index contributed by atoms with van der Waals surface area (Å²) in [4.78, 5) is 19.7. The number of piperidine rings is 1. The molecule has 1 aliphatic heterocycles. The second kappa shape index (κ2) is 12.4. The lowest BCUT2D eigenvalue weighted by molar-refractivity contribution is 0.0703. The number of thiophene rings is 1. The van der Waals surface area contributed by atoms with Crippen molar-refractivity contribution in [2.24, 2.45) is 0 Å². The number of hydrogen-bond donors (Lipinski definition) is 4. The Morgan fingerprint density at radius 3 is 2.53 bits per heavy atom. The SMILES string of the molecule is CCCc1cc(N2CCC(NCC(O)c3cc4ccccc4n3S(=O)(=O)c3ccc(C)cc3)CC2)nc2sc(C(=O)O)c(N)c12. The molecule has 45 heavy (non-hydrogen) atoms. The standard InChI is InChI=1S/C33H37N5O5S2/c1-3-6-22-18-28(36-32-29(22)30(34)31(44-32)33(40)41)37-15-13-23(14-16-37)35-19-27(39)26-17-21-7-4-5-8-25(21)38(26)45(42,43)24-11-9-20(2)10-12-24/h4-5,7-12,17-18,23,27,35,39H,3,6,13-16,19,34H2,1-2H3,(H,40,41). The molecule has 1 unspecified atom stereocenters. The molecule has 0 amide bonds. The van der Waals surface area contributed by atoms with Crippen LogP contribution in [0.1, 0.15) is 58.8 Å². The van der Waals surface area contributed by atoms with Crippen molar-refractivity contribution in [3.05, 3.63) is 82.4 Å². The number of aromatic nitrogens is 2. The number of carboxylic acids is 1. The number of para-hydroxylation sites is 1. The van der Waals surface area contributed by atoms with E-state index >= 15 is 0 Å². The number of nitrogens with zero attached hydrogens (tertiary/aromatic N) is 3. The average molecular weight is 648 g/mol. The van der Waals surface area contributed by atoms with E-state index in [4.69, 9.17) is 10.7 Å². The minimum atomic E-state index is -3.95. The van der Waals surface area contributed by atoms with E-state index in [0.717, 1.165) is 77.8 Å². The summed E-state index contributed by atoms with van der Waals surface area (Å²) in [5.74, 6) is -0.227. The highest BCUT2D eigenvalue weighted by molar-refractivity contribution is 7.90. The number of nitrogens with two attached hydrogens (primary N) is 1. The minimum Gasteiger partial charge on any atom is -0.477 e. The number of pyridine rings is 1. The zero-order valence-electron chi connectivity index (χ0n) is 25.2. The first kappa shape index (κ1) is 31.0. The van der Waals surface area contributed by atoms with Crippen LogP contribution in [0.25, 0.3) is 21.1 Å². The lowest BCUT2D eigenvalue weighted by atomic mass is 10.0.